The van der Waals surface area contributed by atoms with Crippen LogP contribution < -0.4 is 18.9 Å². The fourth-order valence-electron chi connectivity index (χ4n) is 3.06. The maximum Gasteiger partial charge on any atom is 0.126 e. The van der Waals surface area contributed by atoms with Crippen molar-refractivity contribution in [1.82, 2.24) is 0 Å². The quantitative estimate of drug-likeness (QED) is 0.365. The Kier molecular flexibility index (Phi) is 9.50. The van der Waals surface area contributed by atoms with Crippen LogP contribution in [0.4, 0.5) is 0 Å². The Morgan fingerprint density at radius 2 is 0.867 bits per heavy atom. The molecule has 0 N–H and O–H groups in total. The fourth-order valence-corrected chi connectivity index (χ4v) is 3.06. The van der Waals surface area contributed by atoms with Crippen molar-refractivity contribution in [2.45, 2.75) is 14.9 Å². The first-order valence-electron chi connectivity index (χ1n) is 8.91. The molecule has 0 bridgehead atoms. The molecule has 0 heterocycles. The molecule has 4 aromatic carbocycles. The van der Waals surface area contributed by atoms with Crippen LogP contribution in [0.3, 0.4) is 0 Å². The maximum atomic E-state index is 5.27. The van der Waals surface area contributed by atoms with E-state index in [4.69, 9.17) is 18.9 Å². The van der Waals surface area contributed by atoms with E-state index in [2.05, 4.69) is 0 Å². The first-order valence-corrected chi connectivity index (χ1v) is 8.91. The first-order chi connectivity index (χ1) is 13.7. The second kappa shape index (κ2) is 11.6. The lowest BCUT2D eigenvalue weighted by atomic mass is 10.1. The van der Waals surface area contributed by atoms with Gasteiger partial charge in [-0.1, -0.05) is 51.3 Å². The van der Waals surface area contributed by atoms with E-state index in [1.165, 1.54) is 0 Å². The summed E-state index contributed by atoms with van der Waals surface area (Å²) in [7, 11) is 6.69. The molecule has 0 spiro atoms. The van der Waals surface area contributed by atoms with Crippen molar-refractivity contribution in [3.63, 3.8) is 0 Å². The van der Waals surface area contributed by atoms with Gasteiger partial charge < -0.3 is 18.9 Å². The van der Waals surface area contributed by atoms with Crippen molar-refractivity contribution in [2.75, 3.05) is 28.4 Å². The highest BCUT2D eigenvalue weighted by Crippen LogP contribution is 2.31. The molecule has 0 amide bonds. The Hall–Kier alpha value is -3.40. The predicted octanol–water partition coefficient (Wildman–Crippen LogP) is 6.99. The van der Waals surface area contributed by atoms with Crippen LogP contribution in [0.5, 0.6) is 23.0 Å². The van der Waals surface area contributed by atoms with Crippen molar-refractivity contribution < 1.29 is 18.9 Å². The van der Waals surface area contributed by atoms with Gasteiger partial charge in [0, 0.05) is 10.8 Å². The predicted molar refractivity (Wildman–Crippen MR) is 128 cm³/mol. The zero-order chi connectivity index (χ0) is 19.9. The summed E-state index contributed by atoms with van der Waals surface area (Å²) >= 11 is 0. The molecule has 0 aliphatic carbocycles. The minimum Gasteiger partial charge on any atom is -0.497 e. The van der Waals surface area contributed by atoms with Crippen LogP contribution in [0.15, 0.2) is 72.8 Å². The van der Waals surface area contributed by atoms with Crippen molar-refractivity contribution in [3.05, 3.63) is 72.8 Å². The van der Waals surface area contributed by atoms with Gasteiger partial charge in [-0.15, -0.1) is 0 Å². The average molecular weight is 409 g/mol. The number of ether oxygens (including phenoxy) is 4. The van der Waals surface area contributed by atoms with Gasteiger partial charge in [-0.2, -0.15) is 0 Å². The molecule has 0 unspecified atom stereocenters. The zero-order valence-electron chi connectivity index (χ0n) is 16.6. The van der Waals surface area contributed by atoms with Gasteiger partial charge in [0.1, 0.15) is 23.0 Å². The van der Waals surface area contributed by atoms with E-state index >= 15 is 0 Å². The number of hydrogen-bond donors (Lipinski definition) is 0. The molecule has 0 radical (unpaired) electrons. The molecule has 0 aliphatic rings. The Bertz CT molecular complexity index is 986. The molecule has 0 aromatic heterocycles. The van der Waals surface area contributed by atoms with Crippen LogP contribution in [-0.2, 0) is 0 Å². The highest BCUT2D eigenvalue weighted by atomic mass is 16.5. The molecule has 4 aromatic rings. The van der Waals surface area contributed by atoms with Gasteiger partial charge in [-0.05, 0) is 47.2 Å². The third-order valence-electron chi connectivity index (χ3n) is 4.54. The fraction of sp³-hybridized carbons (Fsp3) is 0.231. The number of methoxy groups -OCH3 is 4. The van der Waals surface area contributed by atoms with Crippen molar-refractivity contribution >= 4 is 21.5 Å². The second-order valence-corrected chi connectivity index (χ2v) is 6.09. The Balaban J connectivity index is 0.000000281. The SMILES string of the molecule is C.C.COc1ccc2cc(OC)ccc2c1.COc1cccc2c(OC)cccc12. The molecular formula is C26H32O4. The van der Waals surface area contributed by atoms with Gasteiger partial charge in [0.25, 0.3) is 0 Å². The summed E-state index contributed by atoms with van der Waals surface area (Å²) in [6.45, 7) is 0. The van der Waals surface area contributed by atoms with E-state index < -0.39 is 0 Å². The van der Waals surface area contributed by atoms with Gasteiger partial charge in [-0.3, -0.25) is 0 Å². The molecule has 4 heteroatoms. The van der Waals surface area contributed by atoms with Gasteiger partial charge >= 0.3 is 0 Å². The highest BCUT2D eigenvalue weighted by molar-refractivity contribution is 5.93. The van der Waals surface area contributed by atoms with E-state index in [-0.39, 0.29) is 14.9 Å². The maximum absolute atomic E-state index is 5.27. The minimum absolute atomic E-state index is 0. The molecule has 4 nitrogen and oxygen atoms in total. The largest absolute Gasteiger partial charge is 0.497 e. The standard InChI is InChI=1S/2C12H12O2.2CH4/c1-13-11-7-3-6-10-9(11)5-4-8-12(10)14-2;1-13-11-5-3-10-8-12(14-2)6-4-9(10)7-11;;/h2*3-8H,1-2H3;2*1H4. The second-order valence-electron chi connectivity index (χ2n) is 6.09. The Labute approximate surface area is 180 Å². The Morgan fingerprint density at radius 3 is 1.20 bits per heavy atom. The summed E-state index contributed by atoms with van der Waals surface area (Å²) in [6, 6.07) is 23.8. The average Bonchev–Trinajstić information content (AvgIpc) is 2.77. The molecule has 30 heavy (non-hydrogen) atoms. The van der Waals surface area contributed by atoms with Gasteiger partial charge in [-0.25, -0.2) is 0 Å². The van der Waals surface area contributed by atoms with Crippen LogP contribution in [0.1, 0.15) is 14.9 Å². The molecule has 0 saturated heterocycles. The first kappa shape index (κ1) is 24.6. The molecule has 0 saturated carbocycles. The number of hydrogen-bond acceptors (Lipinski definition) is 4. The van der Waals surface area contributed by atoms with Gasteiger partial charge in [0.2, 0.25) is 0 Å². The van der Waals surface area contributed by atoms with E-state index in [9.17, 15) is 0 Å². The van der Waals surface area contributed by atoms with Crippen LogP contribution in [0.25, 0.3) is 21.5 Å². The van der Waals surface area contributed by atoms with E-state index in [0.717, 1.165) is 44.5 Å². The molecule has 0 atom stereocenters. The van der Waals surface area contributed by atoms with E-state index in [1.807, 2.05) is 72.8 Å². The lowest BCUT2D eigenvalue weighted by Crippen LogP contribution is -1.87. The summed E-state index contributed by atoms with van der Waals surface area (Å²) < 4.78 is 20.8. The van der Waals surface area contributed by atoms with Gasteiger partial charge in [0.15, 0.2) is 0 Å². The molecular weight excluding hydrogens is 376 g/mol. The lowest BCUT2D eigenvalue weighted by molar-refractivity contribution is 0.414. The van der Waals surface area contributed by atoms with Crippen molar-refractivity contribution in [2.24, 2.45) is 0 Å². The number of rotatable bonds is 4. The summed E-state index contributed by atoms with van der Waals surface area (Å²) in [4.78, 5) is 0. The van der Waals surface area contributed by atoms with Crippen molar-refractivity contribution in [1.29, 1.82) is 0 Å². The summed E-state index contributed by atoms with van der Waals surface area (Å²) in [5, 5.41) is 4.47. The normalized spacial score (nSPS) is 9.47. The Morgan fingerprint density at radius 1 is 0.467 bits per heavy atom. The number of benzene rings is 4. The third kappa shape index (κ3) is 5.35. The summed E-state index contributed by atoms with van der Waals surface area (Å²) in [5.41, 5.74) is 0. The van der Waals surface area contributed by atoms with E-state index in [1.54, 1.807) is 28.4 Å². The van der Waals surface area contributed by atoms with E-state index in [0.29, 0.717) is 0 Å². The van der Waals surface area contributed by atoms with Crippen LogP contribution in [0, 0.1) is 0 Å². The molecule has 160 valence electrons. The van der Waals surface area contributed by atoms with Crippen LogP contribution >= 0.6 is 0 Å². The van der Waals surface area contributed by atoms with Crippen molar-refractivity contribution in [3.8, 4) is 23.0 Å². The highest BCUT2D eigenvalue weighted by Gasteiger charge is 2.04. The molecule has 0 aliphatic heterocycles. The summed E-state index contributed by atoms with van der Waals surface area (Å²) in [5.74, 6) is 3.51. The molecule has 4 rings (SSSR count). The lowest BCUT2D eigenvalue weighted by Gasteiger charge is -2.08. The monoisotopic (exact) mass is 408 g/mol. The topological polar surface area (TPSA) is 36.9 Å². The molecule has 0 fully saturated rings. The van der Waals surface area contributed by atoms with Crippen LogP contribution in [-0.4, -0.2) is 28.4 Å². The van der Waals surface area contributed by atoms with Gasteiger partial charge in [0.05, 0.1) is 28.4 Å². The summed E-state index contributed by atoms with van der Waals surface area (Å²) in [6.07, 6.45) is 0. The smallest absolute Gasteiger partial charge is 0.126 e. The number of fused-ring (bicyclic) bond motifs is 2. The third-order valence-corrected chi connectivity index (χ3v) is 4.54. The van der Waals surface area contributed by atoms with Crippen LogP contribution in [0.2, 0.25) is 0 Å². The minimum atomic E-state index is 0. The zero-order valence-corrected chi connectivity index (χ0v) is 16.6.